The fourth-order valence-corrected chi connectivity index (χ4v) is 4.43. The van der Waals surface area contributed by atoms with Crippen molar-refractivity contribution in [2.24, 2.45) is 7.05 Å². The van der Waals surface area contributed by atoms with Gasteiger partial charge in [0.2, 0.25) is 10.0 Å². The average Bonchev–Trinajstić information content (AvgIpc) is 2.72. The smallest absolute Gasteiger partial charge is 0.253 e. The monoisotopic (exact) mass is 452 g/mol. The highest BCUT2D eigenvalue weighted by molar-refractivity contribution is 7.88. The number of sulfonamides is 1. The van der Waals surface area contributed by atoms with Crippen LogP contribution in [0.4, 0.5) is 4.39 Å². The molecule has 0 amide bonds. The summed E-state index contributed by atoms with van der Waals surface area (Å²) in [5.41, 5.74) is 2.26. The molecule has 1 aromatic heterocycles. The second-order valence-electron chi connectivity index (χ2n) is 8.28. The third kappa shape index (κ3) is 8.20. The van der Waals surface area contributed by atoms with Crippen molar-refractivity contribution in [2.75, 3.05) is 19.4 Å². The van der Waals surface area contributed by atoms with Gasteiger partial charge in [-0.3, -0.25) is 4.79 Å². The molecule has 2 aromatic rings. The van der Waals surface area contributed by atoms with E-state index in [0.717, 1.165) is 11.8 Å². The molecule has 1 aliphatic carbocycles. The fourth-order valence-electron chi connectivity index (χ4n) is 3.93. The quantitative estimate of drug-likeness (QED) is 0.705. The maximum atomic E-state index is 12.9. The van der Waals surface area contributed by atoms with Crippen molar-refractivity contribution in [3.05, 3.63) is 69.4 Å². The van der Waals surface area contributed by atoms with Crippen LogP contribution in [0.1, 0.15) is 60.6 Å². The van der Waals surface area contributed by atoms with Crippen LogP contribution in [-0.2, 0) is 17.1 Å². The third-order valence-electron chi connectivity index (χ3n) is 5.53. The van der Waals surface area contributed by atoms with Crippen LogP contribution in [0.15, 0.2) is 41.3 Å². The molecule has 0 spiro atoms. The number of benzene rings is 1. The van der Waals surface area contributed by atoms with Gasteiger partial charge in [-0.05, 0) is 55.0 Å². The number of aryl methyl sites for hydroxylation is 2. The van der Waals surface area contributed by atoms with Crippen molar-refractivity contribution in [1.29, 1.82) is 0 Å². The van der Waals surface area contributed by atoms with Gasteiger partial charge in [0.1, 0.15) is 5.82 Å². The Morgan fingerprint density at radius 1 is 1.23 bits per heavy atom. The maximum absolute atomic E-state index is 12.9. The van der Waals surface area contributed by atoms with Crippen molar-refractivity contribution in [1.82, 2.24) is 9.29 Å². The Kier molecular flexibility index (Phi) is 9.40. The molecule has 1 atom stereocenters. The number of halogens is 1. The Hall–Kier alpha value is -2.03. The molecule has 1 aliphatic rings. The van der Waals surface area contributed by atoms with Crippen LogP contribution < -0.4 is 10.3 Å². The molecule has 1 saturated carbocycles. The summed E-state index contributed by atoms with van der Waals surface area (Å²) in [6.45, 7) is 1.55. The molecular weight excluding hydrogens is 419 g/mol. The first-order valence-corrected chi connectivity index (χ1v) is 12.5. The number of nitrogens with one attached hydrogen (secondary N) is 1. The van der Waals surface area contributed by atoms with E-state index in [1.165, 1.54) is 48.3 Å². The van der Waals surface area contributed by atoms with Gasteiger partial charge in [-0.25, -0.2) is 17.5 Å². The molecule has 6 nitrogen and oxygen atoms in total. The Balaban J connectivity index is 0.000000231. The zero-order valence-corrected chi connectivity index (χ0v) is 19.3. The SMILES string of the molecule is Cc1cc(C(CO)CNS(C)(=O)=O)c(=O)n(C)c1.Fc1cccc(C2CCCCC2)c1. The Bertz CT molecular complexity index is 1010. The van der Waals surface area contributed by atoms with Gasteiger partial charge >= 0.3 is 0 Å². The molecule has 8 heteroatoms. The second kappa shape index (κ2) is 11.5. The molecule has 0 radical (unpaired) electrons. The highest BCUT2D eigenvalue weighted by Gasteiger charge is 2.17. The summed E-state index contributed by atoms with van der Waals surface area (Å²) in [5, 5.41) is 9.30. The second-order valence-corrected chi connectivity index (χ2v) is 10.1. The molecule has 0 saturated heterocycles. The Morgan fingerprint density at radius 3 is 2.48 bits per heavy atom. The average molecular weight is 453 g/mol. The number of nitrogens with zero attached hydrogens (tertiary/aromatic N) is 1. The topological polar surface area (TPSA) is 88.4 Å². The highest BCUT2D eigenvalue weighted by Crippen LogP contribution is 2.32. The predicted octanol–water partition coefficient (Wildman–Crippen LogP) is 3.19. The van der Waals surface area contributed by atoms with Crippen LogP contribution in [0.3, 0.4) is 0 Å². The van der Waals surface area contributed by atoms with E-state index in [-0.39, 0.29) is 24.5 Å². The standard InChI is InChI=1S/C12H15F.C11H18N2O4S/c13-12-8-4-7-11(9-12)10-5-2-1-3-6-10;1-8-4-10(11(15)13(2)6-8)9(7-14)5-12-18(3,16)17/h4,7-10H,1-3,5-6H2;4,6,9,12,14H,5,7H2,1-3H3. The van der Waals surface area contributed by atoms with E-state index in [4.69, 9.17) is 0 Å². The van der Waals surface area contributed by atoms with Crippen LogP contribution in [0.2, 0.25) is 0 Å². The molecule has 1 fully saturated rings. The number of pyridine rings is 1. The van der Waals surface area contributed by atoms with E-state index in [1.807, 2.05) is 13.0 Å². The van der Waals surface area contributed by atoms with Crippen molar-refractivity contribution in [2.45, 2.75) is 50.9 Å². The summed E-state index contributed by atoms with van der Waals surface area (Å²) in [6, 6.07) is 8.76. The minimum atomic E-state index is -3.34. The molecular formula is C23H33FN2O4S. The van der Waals surface area contributed by atoms with Crippen LogP contribution in [-0.4, -0.2) is 37.5 Å². The van der Waals surface area contributed by atoms with Gasteiger partial charge in [-0.1, -0.05) is 31.4 Å². The number of hydrogen-bond acceptors (Lipinski definition) is 4. The van der Waals surface area contributed by atoms with Crippen molar-refractivity contribution in [3.8, 4) is 0 Å². The molecule has 172 valence electrons. The number of aromatic nitrogens is 1. The predicted molar refractivity (Wildman–Crippen MR) is 121 cm³/mol. The number of aliphatic hydroxyl groups excluding tert-OH is 1. The van der Waals surface area contributed by atoms with E-state index in [2.05, 4.69) is 10.8 Å². The largest absolute Gasteiger partial charge is 0.396 e. The summed E-state index contributed by atoms with van der Waals surface area (Å²) in [4.78, 5) is 11.9. The molecule has 1 unspecified atom stereocenters. The van der Waals surface area contributed by atoms with E-state index >= 15 is 0 Å². The first kappa shape index (κ1) is 25.2. The third-order valence-corrected chi connectivity index (χ3v) is 6.22. The first-order chi connectivity index (χ1) is 14.6. The molecule has 0 aliphatic heterocycles. The molecule has 1 aromatic carbocycles. The molecule has 2 N–H and O–H groups in total. The summed E-state index contributed by atoms with van der Waals surface area (Å²) in [5.74, 6) is -0.0224. The summed E-state index contributed by atoms with van der Waals surface area (Å²) in [7, 11) is -1.72. The van der Waals surface area contributed by atoms with E-state index in [1.54, 1.807) is 25.4 Å². The van der Waals surface area contributed by atoms with Gasteiger partial charge in [0.15, 0.2) is 0 Å². The molecule has 31 heavy (non-hydrogen) atoms. The fraction of sp³-hybridized carbons (Fsp3) is 0.522. The van der Waals surface area contributed by atoms with Crippen molar-refractivity contribution >= 4 is 10.0 Å². The van der Waals surface area contributed by atoms with E-state index in [0.29, 0.717) is 11.5 Å². The lowest BCUT2D eigenvalue weighted by Crippen LogP contribution is -2.33. The van der Waals surface area contributed by atoms with Gasteiger partial charge in [0.05, 0.1) is 12.9 Å². The van der Waals surface area contributed by atoms with E-state index < -0.39 is 15.9 Å². The van der Waals surface area contributed by atoms with Gasteiger partial charge in [-0.15, -0.1) is 0 Å². The first-order valence-electron chi connectivity index (χ1n) is 10.6. The van der Waals surface area contributed by atoms with Crippen LogP contribution in [0, 0.1) is 12.7 Å². The Labute approximate surface area is 184 Å². The molecule has 3 rings (SSSR count). The van der Waals surface area contributed by atoms with Crippen LogP contribution >= 0.6 is 0 Å². The molecule has 0 bridgehead atoms. The van der Waals surface area contributed by atoms with Crippen LogP contribution in [0.25, 0.3) is 0 Å². The minimum absolute atomic E-state index is 0.00796. The zero-order valence-electron chi connectivity index (χ0n) is 18.5. The number of hydrogen-bond donors (Lipinski definition) is 2. The van der Waals surface area contributed by atoms with Gasteiger partial charge in [0.25, 0.3) is 5.56 Å². The normalized spacial score (nSPS) is 15.8. The lowest BCUT2D eigenvalue weighted by atomic mass is 9.84. The van der Waals surface area contributed by atoms with Crippen LogP contribution in [0.5, 0.6) is 0 Å². The number of aliphatic hydroxyl groups is 1. The van der Waals surface area contributed by atoms with Gasteiger partial charge in [0, 0.05) is 31.3 Å². The summed E-state index contributed by atoms with van der Waals surface area (Å²) < 4.78 is 38.7. The Morgan fingerprint density at radius 2 is 1.90 bits per heavy atom. The number of rotatable bonds is 6. The lowest BCUT2D eigenvalue weighted by molar-refractivity contribution is 0.264. The van der Waals surface area contributed by atoms with Gasteiger partial charge < -0.3 is 9.67 Å². The van der Waals surface area contributed by atoms with E-state index in [9.17, 15) is 22.7 Å². The maximum Gasteiger partial charge on any atom is 0.253 e. The van der Waals surface area contributed by atoms with Gasteiger partial charge in [-0.2, -0.15) is 0 Å². The minimum Gasteiger partial charge on any atom is -0.396 e. The highest BCUT2D eigenvalue weighted by atomic mass is 32.2. The van der Waals surface area contributed by atoms with Crippen molar-refractivity contribution < 1.29 is 17.9 Å². The molecule has 1 heterocycles. The lowest BCUT2D eigenvalue weighted by Gasteiger charge is -2.21. The van der Waals surface area contributed by atoms with Crippen molar-refractivity contribution in [3.63, 3.8) is 0 Å². The zero-order chi connectivity index (χ0) is 23.0. The summed E-state index contributed by atoms with van der Waals surface area (Å²) in [6.07, 6.45) is 9.17. The summed E-state index contributed by atoms with van der Waals surface area (Å²) >= 11 is 0.